The average molecular weight is 298 g/mol. The lowest BCUT2D eigenvalue weighted by molar-refractivity contribution is 0.0768. The fourth-order valence-corrected chi connectivity index (χ4v) is 2.27. The van der Waals surface area contributed by atoms with Crippen molar-refractivity contribution in [3.63, 3.8) is 0 Å². The van der Waals surface area contributed by atoms with Crippen LogP contribution in [0.3, 0.4) is 0 Å². The number of carbonyl (C=O) groups is 1. The van der Waals surface area contributed by atoms with E-state index in [1.165, 1.54) is 10.5 Å². The summed E-state index contributed by atoms with van der Waals surface area (Å²) in [4.78, 5) is 14.0. The molecule has 0 saturated carbocycles. The molecule has 0 unspecified atom stereocenters. The number of amides is 1. The maximum atomic E-state index is 12.5. The van der Waals surface area contributed by atoms with Gasteiger partial charge in [-0.1, -0.05) is 24.3 Å². The normalized spacial score (nSPS) is 10.4. The summed E-state index contributed by atoms with van der Waals surface area (Å²) in [6.07, 6.45) is 0. The lowest BCUT2D eigenvalue weighted by atomic mass is 10.1. The van der Waals surface area contributed by atoms with E-state index in [-0.39, 0.29) is 12.5 Å². The van der Waals surface area contributed by atoms with E-state index in [9.17, 15) is 4.79 Å². The number of aliphatic hydroxyl groups excluding tert-OH is 1. The summed E-state index contributed by atoms with van der Waals surface area (Å²) in [6, 6.07) is 13.5. The fraction of sp³-hybridized carbons (Fsp3) is 0.278. The third-order valence-corrected chi connectivity index (χ3v) is 3.81. The number of nitrogens with one attached hydrogen (secondary N) is 1. The van der Waals surface area contributed by atoms with Crippen LogP contribution < -0.4 is 5.32 Å². The van der Waals surface area contributed by atoms with Crippen LogP contribution in [0.1, 0.15) is 21.5 Å². The zero-order valence-electron chi connectivity index (χ0n) is 13.3. The van der Waals surface area contributed by atoms with E-state index in [1.54, 1.807) is 13.1 Å². The number of rotatable bonds is 5. The van der Waals surface area contributed by atoms with Crippen molar-refractivity contribution in [2.45, 2.75) is 13.8 Å². The van der Waals surface area contributed by atoms with Crippen LogP contribution in [0.2, 0.25) is 0 Å². The second kappa shape index (κ2) is 7.09. The van der Waals surface area contributed by atoms with Crippen LogP contribution in [0.15, 0.2) is 42.5 Å². The molecule has 0 spiro atoms. The summed E-state index contributed by atoms with van der Waals surface area (Å²) in [5, 5.41) is 12.3. The number of benzene rings is 2. The van der Waals surface area contributed by atoms with Gasteiger partial charge < -0.3 is 15.3 Å². The van der Waals surface area contributed by atoms with Gasteiger partial charge in [-0.25, -0.2) is 0 Å². The first kappa shape index (κ1) is 16.0. The Labute approximate surface area is 131 Å². The number of hydrogen-bond donors (Lipinski definition) is 2. The summed E-state index contributed by atoms with van der Waals surface area (Å²) in [5.41, 5.74) is 4.72. The number of aliphatic hydroxyl groups is 1. The molecule has 0 aliphatic carbocycles. The van der Waals surface area contributed by atoms with Crippen molar-refractivity contribution in [3.05, 3.63) is 59.2 Å². The van der Waals surface area contributed by atoms with Gasteiger partial charge in [-0.3, -0.25) is 4.79 Å². The van der Waals surface area contributed by atoms with Gasteiger partial charge >= 0.3 is 0 Å². The zero-order valence-corrected chi connectivity index (χ0v) is 13.3. The molecular weight excluding hydrogens is 276 g/mol. The Hall–Kier alpha value is -2.33. The minimum Gasteiger partial charge on any atom is -0.395 e. The van der Waals surface area contributed by atoms with E-state index in [0.717, 1.165) is 16.9 Å². The summed E-state index contributed by atoms with van der Waals surface area (Å²) >= 11 is 0. The van der Waals surface area contributed by atoms with E-state index < -0.39 is 0 Å². The molecule has 22 heavy (non-hydrogen) atoms. The van der Waals surface area contributed by atoms with Crippen LogP contribution in [0, 0.1) is 13.8 Å². The molecule has 0 atom stereocenters. The van der Waals surface area contributed by atoms with Gasteiger partial charge in [-0.15, -0.1) is 0 Å². The minimum absolute atomic E-state index is 0.0468. The van der Waals surface area contributed by atoms with Gasteiger partial charge in [-0.2, -0.15) is 0 Å². The number of para-hydroxylation sites is 1. The molecule has 116 valence electrons. The molecule has 0 aliphatic rings. The molecule has 0 heterocycles. The molecule has 2 rings (SSSR count). The highest BCUT2D eigenvalue weighted by Crippen LogP contribution is 2.25. The maximum absolute atomic E-state index is 12.5. The highest BCUT2D eigenvalue weighted by Gasteiger charge is 2.15. The average Bonchev–Trinajstić information content (AvgIpc) is 2.52. The van der Waals surface area contributed by atoms with Crippen LogP contribution in [0.5, 0.6) is 0 Å². The second-order valence-corrected chi connectivity index (χ2v) is 5.37. The number of carbonyl (C=O) groups excluding carboxylic acids is 1. The molecule has 0 fully saturated rings. The number of aryl methyl sites for hydroxylation is 1. The molecule has 4 nitrogen and oxygen atoms in total. The second-order valence-electron chi connectivity index (χ2n) is 5.37. The third-order valence-electron chi connectivity index (χ3n) is 3.81. The molecule has 1 amide bonds. The Bertz CT molecular complexity index is 668. The van der Waals surface area contributed by atoms with Crippen molar-refractivity contribution in [1.29, 1.82) is 0 Å². The van der Waals surface area contributed by atoms with Crippen LogP contribution in [-0.4, -0.2) is 36.1 Å². The van der Waals surface area contributed by atoms with Crippen LogP contribution >= 0.6 is 0 Å². The van der Waals surface area contributed by atoms with Crippen molar-refractivity contribution in [1.82, 2.24) is 4.90 Å². The first-order valence-corrected chi connectivity index (χ1v) is 7.33. The van der Waals surface area contributed by atoms with Crippen molar-refractivity contribution >= 4 is 17.3 Å². The lowest BCUT2D eigenvalue weighted by Crippen LogP contribution is -2.29. The smallest absolute Gasteiger partial charge is 0.255 e. The Kier molecular flexibility index (Phi) is 5.17. The van der Waals surface area contributed by atoms with E-state index >= 15 is 0 Å². The van der Waals surface area contributed by atoms with Gasteiger partial charge in [-0.05, 0) is 43.2 Å². The number of anilines is 2. The van der Waals surface area contributed by atoms with Crippen molar-refractivity contribution < 1.29 is 9.90 Å². The minimum atomic E-state index is -0.109. The van der Waals surface area contributed by atoms with Crippen molar-refractivity contribution in [3.8, 4) is 0 Å². The Morgan fingerprint density at radius 1 is 1.09 bits per heavy atom. The monoisotopic (exact) mass is 298 g/mol. The maximum Gasteiger partial charge on any atom is 0.255 e. The van der Waals surface area contributed by atoms with Gasteiger partial charge in [0.2, 0.25) is 0 Å². The van der Waals surface area contributed by atoms with Crippen molar-refractivity contribution in [2.75, 3.05) is 25.5 Å². The molecule has 2 aromatic carbocycles. The van der Waals surface area contributed by atoms with E-state index in [2.05, 4.69) is 25.2 Å². The van der Waals surface area contributed by atoms with Crippen LogP contribution in [-0.2, 0) is 0 Å². The number of hydrogen-bond acceptors (Lipinski definition) is 3. The molecule has 0 aliphatic heterocycles. The van der Waals surface area contributed by atoms with Gasteiger partial charge in [0.1, 0.15) is 0 Å². The SMILES string of the molecule is Cc1cccc(Nc2ccccc2C(=O)N(C)CCO)c1C. The van der Waals surface area contributed by atoms with E-state index in [1.807, 2.05) is 30.3 Å². The molecule has 0 radical (unpaired) electrons. The standard InChI is InChI=1S/C18H22N2O2/c1-13-7-6-10-16(14(13)2)19-17-9-5-4-8-15(17)18(22)20(3)11-12-21/h4-10,19,21H,11-12H2,1-3H3. The van der Waals surface area contributed by atoms with Crippen molar-refractivity contribution in [2.24, 2.45) is 0 Å². The van der Waals surface area contributed by atoms with Crippen LogP contribution in [0.25, 0.3) is 0 Å². The topological polar surface area (TPSA) is 52.6 Å². The van der Waals surface area contributed by atoms with Gasteiger partial charge in [0, 0.05) is 19.3 Å². The fourth-order valence-electron chi connectivity index (χ4n) is 2.27. The summed E-state index contributed by atoms with van der Waals surface area (Å²) in [7, 11) is 1.69. The molecule has 0 aromatic heterocycles. The van der Waals surface area contributed by atoms with Gasteiger partial charge in [0.25, 0.3) is 5.91 Å². The Morgan fingerprint density at radius 3 is 2.50 bits per heavy atom. The Balaban J connectivity index is 2.33. The summed E-state index contributed by atoms with van der Waals surface area (Å²) in [6.45, 7) is 4.39. The van der Waals surface area contributed by atoms with E-state index in [0.29, 0.717) is 12.1 Å². The highest BCUT2D eigenvalue weighted by molar-refractivity contribution is 6.00. The summed E-state index contributed by atoms with van der Waals surface area (Å²) < 4.78 is 0. The molecular formula is C18H22N2O2. The van der Waals surface area contributed by atoms with E-state index in [4.69, 9.17) is 5.11 Å². The van der Waals surface area contributed by atoms with Crippen LogP contribution in [0.4, 0.5) is 11.4 Å². The first-order chi connectivity index (χ1) is 10.5. The summed E-state index contributed by atoms with van der Waals surface area (Å²) in [5.74, 6) is -0.109. The molecule has 4 heteroatoms. The predicted molar refractivity (Wildman–Crippen MR) is 89.7 cm³/mol. The lowest BCUT2D eigenvalue weighted by Gasteiger charge is -2.19. The van der Waals surface area contributed by atoms with Gasteiger partial charge in [0.15, 0.2) is 0 Å². The highest BCUT2D eigenvalue weighted by atomic mass is 16.3. The molecule has 2 N–H and O–H groups in total. The Morgan fingerprint density at radius 2 is 1.77 bits per heavy atom. The molecule has 0 saturated heterocycles. The largest absolute Gasteiger partial charge is 0.395 e. The number of nitrogens with zero attached hydrogens (tertiary/aromatic N) is 1. The van der Waals surface area contributed by atoms with Gasteiger partial charge in [0.05, 0.1) is 17.9 Å². The first-order valence-electron chi connectivity index (χ1n) is 7.33. The third kappa shape index (κ3) is 3.46. The number of likely N-dealkylation sites (N-methyl/N-ethyl adjacent to an activating group) is 1. The molecule has 0 bridgehead atoms. The zero-order chi connectivity index (χ0) is 16.1. The molecule has 2 aromatic rings. The predicted octanol–water partition coefficient (Wildman–Crippen LogP) is 3.11. The quantitative estimate of drug-likeness (QED) is 0.892.